The number of carbonyl (C=O) groups excluding carboxylic acids is 3. The molecule has 12 nitrogen and oxygen atoms in total. The largest absolute Gasteiger partial charge is 0.441 e. The van der Waals surface area contributed by atoms with Gasteiger partial charge in [-0.1, -0.05) is 11.6 Å². The molecule has 0 bridgehead atoms. The first-order valence-corrected chi connectivity index (χ1v) is 8.68. The molecule has 0 unspecified atom stereocenters. The number of nitrogens with zero attached hydrogens (tertiary/aromatic N) is 3. The van der Waals surface area contributed by atoms with Crippen LogP contribution in [0.25, 0.3) is 11.2 Å². The van der Waals surface area contributed by atoms with Crippen LogP contribution in [0.5, 0.6) is 0 Å². The Hall–Kier alpha value is -2.67. The summed E-state index contributed by atoms with van der Waals surface area (Å²) in [6.45, 7) is 1.83. The van der Waals surface area contributed by atoms with E-state index in [1.807, 2.05) is 0 Å². The third-order valence-corrected chi connectivity index (χ3v) is 5.42. The maximum Gasteiger partial charge on any atom is 0.303 e. The number of halogens is 1. The normalized spacial score (nSPS) is 31.7. The van der Waals surface area contributed by atoms with E-state index in [9.17, 15) is 29.4 Å². The lowest BCUT2D eigenvalue weighted by atomic mass is 9.74. The second-order valence-electron chi connectivity index (χ2n) is 6.52. The molecule has 0 spiro atoms. The second kappa shape index (κ2) is 6.69. The Morgan fingerprint density at radius 2 is 1.97 bits per heavy atom. The van der Waals surface area contributed by atoms with Crippen LogP contribution in [-0.4, -0.2) is 71.2 Å². The minimum atomic E-state index is -2.86. The number of hydrogen-bond donors (Lipinski definition) is 3. The Kier molecular flexibility index (Phi) is 4.86. The van der Waals surface area contributed by atoms with Crippen molar-refractivity contribution in [2.75, 3.05) is 6.61 Å². The van der Waals surface area contributed by atoms with Crippen molar-refractivity contribution in [1.29, 1.82) is 0 Å². The van der Waals surface area contributed by atoms with Gasteiger partial charge in [0.2, 0.25) is 5.60 Å². The zero-order valence-electron chi connectivity index (χ0n) is 15.5. The van der Waals surface area contributed by atoms with E-state index >= 15 is 0 Å². The number of Topliss-reactive ketones (excluding diaryl/α,β-unsaturated/α-hetero) is 2. The molecule has 0 radical (unpaired) electrons. The predicted molar refractivity (Wildman–Crippen MR) is 94.7 cm³/mol. The monoisotopic (exact) mass is 428 g/mol. The molecule has 0 aromatic carbocycles. The molecular formula is C16H17ClN4O8. The van der Waals surface area contributed by atoms with Gasteiger partial charge in [0.25, 0.3) is 16.3 Å². The van der Waals surface area contributed by atoms with Gasteiger partial charge >= 0.3 is 5.97 Å². The number of ether oxygens (including phenoxy) is 2. The Morgan fingerprint density at radius 1 is 1.31 bits per heavy atom. The number of H-pyrrole nitrogens is 1. The Labute approximate surface area is 167 Å². The van der Waals surface area contributed by atoms with Crippen LogP contribution in [0, 0.1) is 0 Å². The first-order valence-electron chi connectivity index (χ1n) is 8.30. The maximum atomic E-state index is 12.8. The number of aromatic amines is 1. The zero-order valence-corrected chi connectivity index (χ0v) is 16.3. The third-order valence-electron chi connectivity index (χ3n) is 4.88. The number of carbonyl (C=O) groups is 3. The fraction of sp³-hybridized carbons (Fsp3) is 0.500. The van der Waals surface area contributed by atoms with E-state index in [1.165, 1.54) is 0 Å². The van der Waals surface area contributed by atoms with Crippen LogP contribution < -0.4 is 5.56 Å². The molecule has 4 atom stereocenters. The van der Waals surface area contributed by atoms with Gasteiger partial charge in [-0.25, -0.2) is 9.97 Å². The molecule has 3 N–H and O–H groups in total. The third kappa shape index (κ3) is 2.50. The first kappa shape index (κ1) is 21.0. The lowest BCUT2D eigenvalue weighted by molar-refractivity contribution is -0.206. The highest BCUT2D eigenvalue weighted by atomic mass is 35.5. The summed E-state index contributed by atoms with van der Waals surface area (Å²) in [6.07, 6.45) is 0.238. The van der Waals surface area contributed by atoms with E-state index in [2.05, 4.69) is 15.0 Å². The molecule has 1 saturated heterocycles. The summed E-state index contributed by atoms with van der Waals surface area (Å²) in [5.41, 5.74) is -6.74. The standard InChI is InChI=1S/C16H17ClN4O8/c1-7(23)14(27)10(4-22)29-16(17,15(14,8(2)24)28-9(3)25)21-6-20-11-12(21)18-5-19-13(11)26/h5-6,10,22,27H,4H2,1-3H3,(H,18,19,26)/t10-,14-,15-,16+/m1/s1. The fourth-order valence-corrected chi connectivity index (χ4v) is 4.21. The van der Waals surface area contributed by atoms with Crippen LogP contribution in [0.1, 0.15) is 20.8 Å². The summed E-state index contributed by atoms with van der Waals surface area (Å²) in [6, 6.07) is 0. The van der Waals surface area contributed by atoms with Crippen LogP contribution >= 0.6 is 11.6 Å². The zero-order chi connectivity index (χ0) is 21.8. The number of alkyl halides is 1. The number of fused-ring (bicyclic) bond motifs is 1. The van der Waals surface area contributed by atoms with Crippen LogP contribution in [0.3, 0.4) is 0 Å². The summed E-state index contributed by atoms with van der Waals surface area (Å²) in [4.78, 5) is 59.3. The summed E-state index contributed by atoms with van der Waals surface area (Å²) in [5, 5.41) is 18.4. The number of imidazole rings is 1. The predicted octanol–water partition coefficient (Wildman–Crippen LogP) is -1.43. The number of nitrogens with one attached hydrogen (secondary N) is 1. The van der Waals surface area contributed by atoms with Gasteiger partial charge in [0, 0.05) is 6.92 Å². The molecule has 0 amide bonds. The molecule has 2 aromatic rings. The Balaban J connectivity index is 2.45. The number of rotatable bonds is 5. The first-order chi connectivity index (χ1) is 13.5. The van der Waals surface area contributed by atoms with Crippen molar-refractivity contribution < 1.29 is 34.1 Å². The molecule has 29 heavy (non-hydrogen) atoms. The van der Waals surface area contributed by atoms with Gasteiger partial charge in [-0.05, 0) is 13.8 Å². The minimum absolute atomic E-state index is 0.189. The van der Waals surface area contributed by atoms with Gasteiger partial charge in [-0.15, -0.1) is 0 Å². The van der Waals surface area contributed by atoms with Crippen LogP contribution in [0.15, 0.2) is 17.4 Å². The van der Waals surface area contributed by atoms with Gasteiger partial charge in [-0.2, -0.15) is 0 Å². The highest BCUT2D eigenvalue weighted by Crippen LogP contribution is 2.56. The number of esters is 1. The van der Waals surface area contributed by atoms with E-state index < -0.39 is 52.2 Å². The SMILES string of the molecule is CC(=O)O[C@]1(C(C)=O)[C@@](O)(C(C)=O)[C@@H](CO)O[C@@]1(Cl)n1cnc2c(=O)[nH]cnc21. The minimum Gasteiger partial charge on any atom is -0.441 e. The number of aliphatic hydroxyl groups is 2. The van der Waals surface area contributed by atoms with Crippen molar-refractivity contribution in [3.05, 3.63) is 23.0 Å². The van der Waals surface area contributed by atoms with Crippen LogP contribution in [0.4, 0.5) is 0 Å². The second-order valence-corrected chi connectivity index (χ2v) is 7.03. The fourth-order valence-electron chi connectivity index (χ4n) is 3.66. The van der Waals surface area contributed by atoms with Crippen LogP contribution in [-0.2, 0) is 29.0 Å². The highest BCUT2D eigenvalue weighted by Gasteiger charge is 2.81. The van der Waals surface area contributed by atoms with E-state index in [1.54, 1.807) is 0 Å². The van der Waals surface area contributed by atoms with Gasteiger partial charge in [-0.3, -0.25) is 23.7 Å². The van der Waals surface area contributed by atoms with Gasteiger partial charge in [0.15, 0.2) is 22.7 Å². The van der Waals surface area contributed by atoms with Gasteiger partial charge in [0.1, 0.15) is 12.4 Å². The van der Waals surface area contributed by atoms with Crippen molar-refractivity contribution in [3.63, 3.8) is 0 Å². The average Bonchev–Trinajstić information content (AvgIpc) is 3.15. The van der Waals surface area contributed by atoms with Gasteiger partial charge < -0.3 is 24.7 Å². The molecule has 1 aliphatic heterocycles. The molecular weight excluding hydrogens is 412 g/mol. The smallest absolute Gasteiger partial charge is 0.303 e. The van der Waals surface area contributed by atoms with Crippen molar-refractivity contribution in [1.82, 2.24) is 19.5 Å². The van der Waals surface area contributed by atoms with E-state index in [-0.39, 0.29) is 11.2 Å². The van der Waals surface area contributed by atoms with Crippen molar-refractivity contribution >= 4 is 40.3 Å². The quantitative estimate of drug-likeness (QED) is 0.378. The molecule has 13 heteroatoms. The summed E-state index contributed by atoms with van der Waals surface area (Å²) >= 11 is 6.66. The van der Waals surface area contributed by atoms with E-state index in [0.29, 0.717) is 0 Å². The van der Waals surface area contributed by atoms with Gasteiger partial charge in [0.05, 0.1) is 12.9 Å². The van der Waals surface area contributed by atoms with Crippen molar-refractivity contribution in [2.45, 2.75) is 43.3 Å². The summed E-state index contributed by atoms with van der Waals surface area (Å²) in [7, 11) is 0. The topological polar surface area (TPSA) is 174 Å². The Bertz CT molecular complexity index is 1080. The summed E-state index contributed by atoms with van der Waals surface area (Å²) < 4.78 is 11.6. The van der Waals surface area contributed by atoms with Crippen molar-refractivity contribution in [3.8, 4) is 0 Å². The molecule has 0 saturated carbocycles. The highest BCUT2D eigenvalue weighted by molar-refractivity contribution is 6.26. The molecule has 2 aromatic heterocycles. The number of aliphatic hydroxyl groups excluding tert-OH is 1. The molecule has 0 aliphatic carbocycles. The Morgan fingerprint density at radius 3 is 2.48 bits per heavy atom. The number of aromatic nitrogens is 4. The number of ketones is 2. The van der Waals surface area contributed by atoms with E-state index in [0.717, 1.165) is 38.0 Å². The lowest BCUT2D eigenvalue weighted by Gasteiger charge is -2.43. The van der Waals surface area contributed by atoms with E-state index in [4.69, 9.17) is 21.1 Å². The van der Waals surface area contributed by atoms with Crippen LogP contribution in [0.2, 0.25) is 0 Å². The molecule has 1 fully saturated rings. The molecule has 3 rings (SSSR count). The molecule has 3 heterocycles. The molecule has 1 aliphatic rings. The van der Waals surface area contributed by atoms with Crippen molar-refractivity contribution in [2.24, 2.45) is 0 Å². The summed E-state index contributed by atoms with van der Waals surface area (Å²) in [5.74, 6) is -3.17. The average molecular weight is 429 g/mol. The maximum absolute atomic E-state index is 12.8. The number of hydrogen-bond acceptors (Lipinski definition) is 10. The lowest BCUT2D eigenvalue weighted by Crippen LogP contribution is -2.71. The molecule has 156 valence electrons.